The molecular formula is C25H28ClN3O5S2. The number of sulfonamides is 1. The minimum Gasteiger partial charge on any atom is -0.312 e. The van der Waals surface area contributed by atoms with Gasteiger partial charge in [-0.3, -0.25) is 9.78 Å². The summed E-state index contributed by atoms with van der Waals surface area (Å²) in [7, 11) is -5.41. The molecule has 0 unspecified atom stereocenters. The monoisotopic (exact) mass is 549 g/mol. The number of aryl methyl sites for hydroxylation is 1. The molecule has 8 nitrogen and oxygen atoms in total. The Hall–Kier alpha value is -3.05. The van der Waals surface area contributed by atoms with E-state index in [2.05, 4.69) is 9.71 Å². The average Bonchev–Trinajstić information content (AvgIpc) is 2.82. The topological polar surface area (TPSA) is 114 Å². The van der Waals surface area contributed by atoms with Crippen molar-refractivity contribution in [3.8, 4) is 0 Å². The zero-order chi connectivity index (χ0) is 25.6. The molecule has 3 rings (SSSR count). The van der Waals surface area contributed by atoms with Crippen LogP contribution in [0.25, 0.3) is 6.08 Å². The van der Waals surface area contributed by atoms with Gasteiger partial charge in [0.05, 0.1) is 9.79 Å². The van der Waals surface area contributed by atoms with Crippen molar-refractivity contribution in [3.63, 3.8) is 0 Å². The number of nitrogens with zero attached hydrogens (tertiary/aromatic N) is 2. The number of sulfone groups is 1. The van der Waals surface area contributed by atoms with Gasteiger partial charge in [-0.2, -0.15) is 0 Å². The molecule has 0 saturated carbocycles. The van der Waals surface area contributed by atoms with Crippen molar-refractivity contribution >= 4 is 49.9 Å². The Bertz CT molecular complexity index is 1440. The first-order valence-electron chi connectivity index (χ1n) is 10.7. The molecule has 1 heterocycles. The summed E-state index contributed by atoms with van der Waals surface area (Å²) in [5.41, 5.74) is 2.88. The van der Waals surface area contributed by atoms with Crippen LogP contribution in [-0.4, -0.2) is 47.6 Å². The fourth-order valence-corrected chi connectivity index (χ4v) is 4.88. The normalized spacial score (nSPS) is 11.8. The SMILES string of the molecule is Cc1cccc(CCNS(=O)(=O)c2ccc(N(C)C(=O)C=Cc3ccc(S(C)(=O)=O)cc3)cc2)n1.Cl. The molecule has 2 aromatic carbocycles. The van der Waals surface area contributed by atoms with Gasteiger partial charge in [0, 0.05) is 49.4 Å². The molecule has 0 radical (unpaired) electrons. The Morgan fingerprint density at radius 2 is 1.56 bits per heavy atom. The van der Waals surface area contributed by atoms with Gasteiger partial charge in [-0.15, -0.1) is 12.4 Å². The molecule has 192 valence electrons. The Kier molecular flexibility index (Phi) is 9.94. The number of hydrogen-bond acceptors (Lipinski definition) is 6. The highest BCUT2D eigenvalue weighted by Crippen LogP contribution is 2.18. The van der Waals surface area contributed by atoms with Gasteiger partial charge in [0.25, 0.3) is 5.91 Å². The number of nitrogens with one attached hydrogen (secondary N) is 1. The van der Waals surface area contributed by atoms with Gasteiger partial charge in [0.1, 0.15) is 0 Å². The van der Waals surface area contributed by atoms with E-state index in [1.54, 1.807) is 37.4 Å². The molecule has 0 atom stereocenters. The number of carbonyl (C=O) groups excluding carboxylic acids is 1. The van der Waals surface area contributed by atoms with Gasteiger partial charge in [-0.1, -0.05) is 18.2 Å². The van der Waals surface area contributed by atoms with Crippen molar-refractivity contribution in [3.05, 3.63) is 89.8 Å². The van der Waals surface area contributed by atoms with Crippen LogP contribution >= 0.6 is 12.4 Å². The van der Waals surface area contributed by atoms with Crippen LogP contribution in [-0.2, 0) is 31.1 Å². The average molecular weight is 550 g/mol. The third-order valence-corrected chi connectivity index (χ3v) is 7.82. The maximum absolute atomic E-state index is 12.6. The van der Waals surface area contributed by atoms with Crippen LogP contribution in [0, 0.1) is 6.92 Å². The second-order valence-corrected chi connectivity index (χ2v) is 11.8. The summed E-state index contributed by atoms with van der Waals surface area (Å²) < 4.78 is 50.8. The third-order valence-electron chi connectivity index (χ3n) is 5.21. The minimum atomic E-state index is -3.70. The van der Waals surface area contributed by atoms with E-state index in [0.29, 0.717) is 17.7 Å². The summed E-state index contributed by atoms with van der Waals surface area (Å²) in [4.78, 5) is 18.6. The van der Waals surface area contributed by atoms with E-state index in [-0.39, 0.29) is 34.6 Å². The van der Waals surface area contributed by atoms with E-state index in [1.165, 1.54) is 35.2 Å². The maximum atomic E-state index is 12.6. The lowest BCUT2D eigenvalue weighted by molar-refractivity contribution is -0.113. The first-order chi connectivity index (χ1) is 16.5. The summed E-state index contributed by atoms with van der Waals surface area (Å²) in [5, 5.41) is 0. The molecule has 0 aliphatic rings. The van der Waals surface area contributed by atoms with Crippen molar-refractivity contribution in [2.45, 2.75) is 23.1 Å². The molecule has 0 aliphatic carbocycles. The smallest absolute Gasteiger partial charge is 0.250 e. The number of rotatable bonds is 9. The Balaban J connectivity index is 0.00000456. The molecule has 1 amide bonds. The van der Waals surface area contributed by atoms with Crippen LogP contribution in [0.1, 0.15) is 17.0 Å². The van der Waals surface area contributed by atoms with Gasteiger partial charge >= 0.3 is 0 Å². The highest BCUT2D eigenvalue weighted by atomic mass is 35.5. The molecule has 0 bridgehead atoms. The van der Waals surface area contributed by atoms with E-state index in [4.69, 9.17) is 0 Å². The number of anilines is 1. The molecule has 0 fully saturated rings. The van der Waals surface area contributed by atoms with E-state index < -0.39 is 19.9 Å². The van der Waals surface area contributed by atoms with E-state index >= 15 is 0 Å². The summed E-state index contributed by atoms with van der Waals surface area (Å²) in [6.45, 7) is 2.10. The maximum Gasteiger partial charge on any atom is 0.250 e. The standard InChI is InChI=1S/C25H27N3O5S2.ClH/c1-19-5-4-6-21(27-19)17-18-26-35(32,33)24-14-10-22(11-15-24)28(2)25(29)16-9-20-7-12-23(13-8-20)34(3,30)31;/h4-16,26H,17-18H2,1-3H3;1H. The molecule has 0 aliphatic heterocycles. The molecular weight excluding hydrogens is 522 g/mol. The van der Waals surface area contributed by atoms with Crippen molar-refractivity contribution in [2.24, 2.45) is 0 Å². The second kappa shape index (κ2) is 12.3. The number of halogens is 1. The van der Waals surface area contributed by atoms with Crippen molar-refractivity contribution < 1.29 is 21.6 Å². The molecule has 11 heteroatoms. The van der Waals surface area contributed by atoms with Crippen LogP contribution in [0.15, 0.2) is 82.6 Å². The summed E-state index contributed by atoms with van der Waals surface area (Å²) in [5.74, 6) is -0.323. The number of amides is 1. The lowest BCUT2D eigenvalue weighted by Gasteiger charge is -2.16. The second-order valence-electron chi connectivity index (χ2n) is 7.98. The Labute approximate surface area is 218 Å². The molecule has 1 N–H and O–H groups in total. The van der Waals surface area contributed by atoms with Crippen molar-refractivity contribution in [1.29, 1.82) is 0 Å². The Morgan fingerprint density at radius 1 is 0.944 bits per heavy atom. The van der Waals surface area contributed by atoms with Gasteiger partial charge in [-0.25, -0.2) is 21.6 Å². The quantitative estimate of drug-likeness (QED) is 0.409. The zero-order valence-electron chi connectivity index (χ0n) is 20.1. The largest absolute Gasteiger partial charge is 0.312 e. The minimum absolute atomic E-state index is 0. The Morgan fingerprint density at radius 3 is 2.14 bits per heavy atom. The van der Waals surface area contributed by atoms with Crippen LogP contribution in [0.4, 0.5) is 5.69 Å². The van der Waals surface area contributed by atoms with Gasteiger partial charge in [-0.05, 0) is 67.1 Å². The fraction of sp³-hybridized carbons (Fsp3) is 0.200. The first kappa shape index (κ1) is 29.2. The molecule has 36 heavy (non-hydrogen) atoms. The van der Waals surface area contributed by atoms with E-state index in [0.717, 1.165) is 17.6 Å². The van der Waals surface area contributed by atoms with E-state index in [1.807, 2.05) is 25.1 Å². The summed E-state index contributed by atoms with van der Waals surface area (Å²) in [6.07, 6.45) is 4.54. The number of benzene rings is 2. The van der Waals surface area contributed by atoms with Crippen LogP contribution in [0.3, 0.4) is 0 Å². The number of carbonyl (C=O) groups is 1. The lowest BCUT2D eigenvalue weighted by Crippen LogP contribution is -2.27. The van der Waals surface area contributed by atoms with Gasteiger partial charge in [0.2, 0.25) is 10.0 Å². The summed E-state index contributed by atoms with van der Waals surface area (Å²) >= 11 is 0. The highest BCUT2D eigenvalue weighted by Gasteiger charge is 2.15. The summed E-state index contributed by atoms with van der Waals surface area (Å²) in [6, 6.07) is 17.8. The van der Waals surface area contributed by atoms with Crippen molar-refractivity contribution in [1.82, 2.24) is 9.71 Å². The lowest BCUT2D eigenvalue weighted by atomic mass is 10.2. The predicted octanol–water partition coefficient (Wildman–Crippen LogP) is 3.41. The van der Waals surface area contributed by atoms with Crippen LogP contribution in [0.2, 0.25) is 0 Å². The molecule has 3 aromatic rings. The number of pyridine rings is 1. The highest BCUT2D eigenvalue weighted by molar-refractivity contribution is 7.90. The first-order valence-corrected chi connectivity index (χ1v) is 14.1. The molecule has 1 aromatic heterocycles. The van der Waals surface area contributed by atoms with E-state index in [9.17, 15) is 21.6 Å². The fourth-order valence-electron chi connectivity index (χ4n) is 3.22. The van der Waals surface area contributed by atoms with Crippen LogP contribution in [0.5, 0.6) is 0 Å². The number of hydrogen-bond donors (Lipinski definition) is 1. The molecule has 0 spiro atoms. The third kappa shape index (κ3) is 7.99. The molecule has 0 saturated heterocycles. The van der Waals surface area contributed by atoms with Crippen LogP contribution < -0.4 is 9.62 Å². The van der Waals surface area contributed by atoms with Gasteiger partial charge < -0.3 is 4.90 Å². The van der Waals surface area contributed by atoms with Crippen molar-refractivity contribution in [2.75, 3.05) is 24.7 Å². The number of likely N-dealkylation sites (N-methyl/N-ethyl adjacent to an activating group) is 1. The number of aromatic nitrogens is 1. The zero-order valence-corrected chi connectivity index (χ0v) is 22.5. The predicted molar refractivity (Wildman–Crippen MR) is 144 cm³/mol. The van der Waals surface area contributed by atoms with Gasteiger partial charge in [0.15, 0.2) is 9.84 Å².